The maximum Gasteiger partial charge on any atom is 0.0901 e. The van der Waals surface area contributed by atoms with Gasteiger partial charge in [0.25, 0.3) is 0 Å². The van der Waals surface area contributed by atoms with Gasteiger partial charge in [0.1, 0.15) is 0 Å². The second-order valence-electron chi connectivity index (χ2n) is 3.02. The van der Waals surface area contributed by atoms with Crippen LogP contribution in [0.4, 0.5) is 0 Å². The smallest absolute Gasteiger partial charge is 0.0901 e. The zero-order valence-electron chi connectivity index (χ0n) is 7.84. The highest BCUT2D eigenvalue weighted by Gasteiger charge is 2.00. The molecule has 1 aromatic carbocycles. The SMILES string of the molecule is ON=Cc1cccn1-c1ccc(Br)cc1. The normalized spacial score (nSPS) is 11.0. The number of benzene rings is 1. The second kappa shape index (κ2) is 4.31. The summed E-state index contributed by atoms with van der Waals surface area (Å²) in [6.45, 7) is 0. The number of oxime groups is 1. The predicted molar refractivity (Wildman–Crippen MR) is 62.8 cm³/mol. The molecule has 2 rings (SSSR count). The summed E-state index contributed by atoms with van der Waals surface area (Å²) >= 11 is 3.38. The lowest BCUT2D eigenvalue weighted by atomic mass is 10.3. The third-order valence-corrected chi connectivity index (χ3v) is 2.60. The molecule has 0 saturated heterocycles. The van der Waals surface area contributed by atoms with Crippen molar-refractivity contribution in [1.82, 2.24) is 4.57 Å². The van der Waals surface area contributed by atoms with Crippen molar-refractivity contribution < 1.29 is 5.21 Å². The fourth-order valence-electron chi connectivity index (χ4n) is 1.40. The number of hydrogen-bond acceptors (Lipinski definition) is 2. The number of nitrogens with zero attached hydrogens (tertiary/aromatic N) is 2. The maximum absolute atomic E-state index is 8.50. The molecule has 3 nitrogen and oxygen atoms in total. The molecule has 1 heterocycles. The van der Waals surface area contributed by atoms with Crippen molar-refractivity contribution >= 4 is 22.1 Å². The molecule has 0 unspecified atom stereocenters. The first kappa shape index (κ1) is 9.98. The van der Waals surface area contributed by atoms with Crippen molar-refractivity contribution in [2.75, 3.05) is 0 Å². The van der Waals surface area contributed by atoms with E-state index in [1.54, 1.807) is 0 Å². The van der Waals surface area contributed by atoms with E-state index in [9.17, 15) is 0 Å². The summed E-state index contributed by atoms with van der Waals surface area (Å²) in [5, 5.41) is 11.5. The summed E-state index contributed by atoms with van der Waals surface area (Å²) in [5.74, 6) is 0. The zero-order chi connectivity index (χ0) is 10.7. The van der Waals surface area contributed by atoms with Gasteiger partial charge in [0, 0.05) is 16.4 Å². The van der Waals surface area contributed by atoms with Crippen LogP contribution in [0.25, 0.3) is 5.69 Å². The van der Waals surface area contributed by atoms with Crippen LogP contribution in [0.3, 0.4) is 0 Å². The molecular weight excluding hydrogens is 256 g/mol. The topological polar surface area (TPSA) is 37.5 Å². The first-order valence-corrected chi connectivity index (χ1v) is 5.21. The Morgan fingerprint density at radius 1 is 1.20 bits per heavy atom. The van der Waals surface area contributed by atoms with Crippen LogP contribution < -0.4 is 0 Å². The lowest BCUT2D eigenvalue weighted by Crippen LogP contribution is -1.97. The van der Waals surface area contributed by atoms with Gasteiger partial charge in [-0.2, -0.15) is 0 Å². The standard InChI is InChI=1S/C11H9BrN2O/c12-9-3-5-10(6-4-9)14-7-1-2-11(14)8-13-15/h1-8,15H. The molecule has 0 aliphatic heterocycles. The lowest BCUT2D eigenvalue weighted by Gasteiger charge is -2.05. The quantitative estimate of drug-likeness (QED) is 0.505. The van der Waals surface area contributed by atoms with E-state index in [0.29, 0.717) is 0 Å². The highest BCUT2D eigenvalue weighted by atomic mass is 79.9. The highest BCUT2D eigenvalue weighted by molar-refractivity contribution is 9.10. The minimum atomic E-state index is 0.833. The highest BCUT2D eigenvalue weighted by Crippen LogP contribution is 2.15. The number of rotatable bonds is 2. The Bertz CT molecular complexity index is 474. The molecule has 15 heavy (non-hydrogen) atoms. The van der Waals surface area contributed by atoms with Gasteiger partial charge in [-0.15, -0.1) is 0 Å². The average Bonchev–Trinajstić information content (AvgIpc) is 2.68. The van der Waals surface area contributed by atoms with Crippen LogP contribution in [0.15, 0.2) is 52.2 Å². The summed E-state index contributed by atoms with van der Waals surface area (Å²) < 4.78 is 2.97. The van der Waals surface area contributed by atoms with Crippen molar-refractivity contribution in [2.24, 2.45) is 5.16 Å². The summed E-state index contributed by atoms with van der Waals surface area (Å²) in [6, 6.07) is 11.7. The number of hydrogen-bond donors (Lipinski definition) is 1. The van der Waals surface area contributed by atoms with Crippen LogP contribution in [-0.4, -0.2) is 16.0 Å². The van der Waals surface area contributed by atoms with Gasteiger partial charge in [0.05, 0.1) is 11.9 Å². The first-order chi connectivity index (χ1) is 7.31. The van der Waals surface area contributed by atoms with Crippen molar-refractivity contribution in [2.45, 2.75) is 0 Å². The minimum Gasteiger partial charge on any atom is -0.411 e. The molecular formula is C11H9BrN2O. The van der Waals surface area contributed by atoms with Crippen LogP contribution in [0.1, 0.15) is 5.69 Å². The van der Waals surface area contributed by atoms with E-state index >= 15 is 0 Å². The van der Waals surface area contributed by atoms with E-state index in [0.717, 1.165) is 15.9 Å². The van der Waals surface area contributed by atoms with E-state index in [-0.39, 0.29) is 0 Å². The fourth-order valence-corrected chi connectivity index (χ4v) is 1.66. The average molecular weight is 265 g/mol. The molecule has 1 aromatic heterocycles. The Balaban J connectivity index is 2.44. The maximum atomic E-state index is 8.50. The third kappa shape index (κ3) is 2.10. The Hall–Kier alpha value is -1.55. The van der Waals surface area contributed by atoms with Crippen molar-refractivity contribution in [3.63, 3.8) is 0 Å². The van der Waals surface area contributed by atoms with E-state index in [4.69, 9.17) is 5.21 Å². The van der Waals surface area contributed by atoms with E-state index in [1.165, 1.54) is 6.21 Å². The molecule has 0 fully saturated rings. The van der Waals surface area contributed by atoms with E-state index < -0.39 is 0 Å². The van der Waals surface area contributed by atoms with Crippen LogP contribution in [-0.2, 0) is 0 Å². The monoisotopic (exact) mass is 264 g/mol. The molecule has 1 N–H and O–H groups in total. The van der Waals surface area contributed by atoms with Gasteiger partial charge < -0.3 is 9.77 Å². The van der Waals surface area contributed by atoms with Gasteiger partial charge in [0.2, 0.25) is 0 Å². The molecule has 0 aliphatic carbocycles. The van der Waals surface area contributed by atoms with Gasteiger partial charge in [-0.25, -0.2) is 0 Å². The Labute approximate surface area is 95.8 Å². The molecule has 0 spiro atoms. The van der Waals surface area contributed by atoms with Gasteiger partial charge in [-0.05, 0) is 36.4 Å². The molecule has 0 aliphatic rings. The second-order valence-corrected chi connectivity index (χ2v) is 3.94. The molecule has 4 heteroatoms. The minimum absolute atomic E-state index is 0.833. The van der Waals surface area contributed by atoms with Gasteiger partial charge >= 0.3 is 0 Å². The molecule has 2 aromatic rings. The third-order valence-electron chi connectivity index (χ3n) is 2.08. The lowest BCUT2D eigenvalue weighted by molar-refractivity contribution is 0.321. The predicted octanol–water partition coefficient (Wildman–Crippen LogP) is 3.05. The Morgan fingerprint density at radius 2 is 1.93 bits per heavy atom. The molecule has 0 atom stereocenters. The van der Waals surface area contributed by atoms with Crippen LogP contribution >= 0.6 is 15.9 Å². The first-order valence-electron chi connectivity index (χ1n) is 4.42. The Kier molecular flexibility index (Phi) is 2.87. The molecule has 76 valence electrons. The number of aromatic nitrogens is 1. The molecule has 0 radical (unpaired) electrons. The van der Waals surface area contributed by atoms with E-state index in [2.05, 4.69) is 21.1 Å². The van der Waals surface area contributed by atoms with Crippen LogP contribution in [0, 0.1) is 0 Å². The summed E-state index contributed by atoms with van der Waals surface area (Å²) in [7, 11) is 0. The van der Waals surface area contributed by atoms with Crippen molar-refractivity contribution in [3.8, 4) is 5.69 Å². The zero-order valence-corrected chi connectivity index (χ0v) is 9.42. The van der Waals surface area contributed by atoms with Crippen molar-refractivity contribution in [3.05, 3.63) is 52.8 Å². The molecule has 0 saturated carbocycles. The summed E-state index contributed by atoms with van der Waals surface area (Å²) in [6.07, 6.45) is 3.32. The Morgan fingerprint density at radius 3 is 2.60 bits per heavy atom. The van der Waals surface area contributed by atoms with Crippen LogP contribution in [0.2, 0.25) is 0 Å². The largest absolute Gasteiger partial charge is 0.411 e. The number of halogens is 1. The van der Waals surface area contributed by atoms with Gasteiger partial charge in [-0.3, -0.25) is 0 Å². The molecule has 0 amide bonds. The van der Waals surface area contributed by atoms with E-state index in [1.807, 2.05) is 47.2 Å². The fraction of sp³-hybridized carbons (Fsp3) is 0. The summed E-state index contributed by atoms with van der Waals surface area (Å²) in [4.78, 5) is 0. The molecule has 0 bridgehead atoms. The van der Waals surface area contributed by atoms with Gasteiger partial charge in [0.15, 0.2) is 0 Å². The van der Waals surface area contributed by atoms with Crippen LogP contribution in [0.5, 0.6) is 0 Å². The van der Waals surface area contributed by atoms with Gasteiger partial charge in [-0.1, -0.05) is 21.1 Å². The summed E-state index contributed by atoms with van der Waals surface area (Å²) in [5.41, 5.74) is 1.86. The van der Waals surface area contributed by atoms with Crippen molar-refractivity contribution in [1.29, 1.82) is 0 Å².